The highest BCUT2D eigenvalue weighted by Crippen LogP contribution is 2.10. The maximum atomic E-state index is 5.53. The zero-order valence-corrected chi connectivity index (χ0v) is 9.78. The van der Waals surface area contributed by atoms with Gasteiger partial charge in [-0.2, -0.15) is 0 Å². The largest absolute Gasteiger partial charge is 0.376 e. The van der Waals surface area contributed by atoms with Crippen molar-refractivity contribution in [3.8, 4) is 0 Å². The average Bonchev–Trinajstić information content (AvgIpc) is 2.01. The molecule has 12 heavy (non-hydrogen) atoms. The van der Waals surface area contributed by atoms with Crippen LogP contribution in [0.15, 0.2) is 0 Å². The topological polar surface area (TPSA) is 21.7 Å². The Bertz CT molecular complexity index is 132. The minimum atomic E-state index is 0.262. The Hall–Kier alpha value is 0.610. The number of halogens is 1. The molecule has 0 saturated carbocycles. The van der Waals surface area contributed by atoms with E-state index in [4.69, 9.17) is 9.47 Å². The summed E-state index contributed by atoms with van der Waals surface area (Å²) in [6, 6.07) is 0. The van der Waals surface area contributed by atoms with Crippen LogP contribution in [-0.4, -0.2) is 41.6 Å². The lowest BCUT2D eigenvalue weighted by atomic mass is 10.3. The zero-order valence-electron chi connectivity index (χ0n) is 7.62. The Balaban J connectivity index is 2.14. The molecule has 1 aliphatic rings. The van der Waals surface area contributed by atoms with Crippen molar-refractivity contribution in [2.75, 3.05) is 26.3 Å². The third kappa shape index (κ3) is 4.02. The zero-order chi connectivity index (χ0) is 8.97. The second kappa shape index (κ2) is 5.36. The van der Waals surface area contributed by atoms with Crippen LogP contribution < -0.4 is 0 Å². The fourth-order valence-electron chi connectivity index (χ4n) is 1.08. The summed E-state index contributed by atoms with van der Waals surface area (Å²) < 4.78 is 13.2. The van der Waals surface area contributed by atoms with E-state index in [1.54, 1.807) is 0 Å². The maximum Gasteiger partial charge on any atom is 0.0943 e. The fourth-order valence-corrected chi connectivity index (χ4v) is 1.72. The van der Waals surface area contributed by atoms with Crippen molar-refractivity contribution in [3.63, 3.8) is 0 Å². The molecule has 0 bridgehead atoms. The van der Waals surface area contributed by atoms with Gasteiger partial charge in [0.15, 0.2) is 0 Å². The lowest BCUT2D eigenvalue weighted by molar-refractivity contribution is -0.0592. The maximum absolute atomic E-state index is 5.53. The van der Waals surface area contributed by atoms with Gasteiger partial charge in [0, 0.05) is 36.0 Å². The molecule has 0 aromatic heterocycles. The smallest absolute Gasteiger partial charge is 0.0943 e. The van der Waals surface area contributed by atoms with E-state index in [0.29, 0.717) is 6.10 Å². The third-order valence-corrected chi connectivity index (χ3v) is 2.58. The molecule has 0 spiro atoms. The normalized spacial score (nSPS) is 26.5. The van der Waals surface area contributed by atoms with E-state index in [0.717, 1.165) is 26.3 Å². The highest BCUT2D eigenvalue weighted by atomic mass is 127. The van der Waals surface area contributed by atoms with Crippen LogP contribution in [0.1, 0.15) is 13.8 Å². The van der Waals surface area contributed by atoms with Crippen LogP contribution >= 0.6 is 22.9 Å². The van der Waals surface area contributed by atoms with E-state index in [-0.39, 0.29) is 6.10 Å². The third-order valence-electron chi connectivity index (χ3n) is 1.70. The first-order chi connectivity index (χ1) is 5.68. The molecular weight excluding hydrogens is 269 g/mol. The molecule has 1 fully saturated rings. The standard InChI is InChI=1S/C8H16INO2/c1-7(2)12-6-8-5-10(9)3-4-11-8/h7-8H,3-6H2,1-2H3. The van der Waals surface area contributed by atoms with E-state index in [1.807, 2.05) is 13.8 Å². The molecule has 0 radical (unpaired) electrons. The van der Waals surface area contributed by atoms with Gasteiger partial charge < -0.3 is 9.47 Å². The number of hydrogen-bond donors (Lipinski definition) is 0. The van der Waals surface area contributed by atoms with Gasteiger partial charge in [-0.1, -0.05) is 0 Å². The fraction of sp³-hybridized carbons (Fsp3) is 1.00. The summed E-state index contributed by atoms with van der Waals surface area (Å²) in [5.74, 6) is 0. The Morgan fingerprint density at radius 1 is 1.67 bits per heavy atom. The van der Waals surface area contributed by atoms with Gasteiger partial charge >= 0.3 is 0 Å². The van der Waals surface area contributed by atoms with E-state index in [9.17, 15) is 0 Å². The van der Waals surface area contributed by atoms with Crippen molar-refractivity contribution in [1.82, 2.24) is 3.11 Å². The molecule has 1 atom stereocenters. The Labute approximate surface area is 87.9 Å². The quantitative estimate of drug-likeness (QED) is 0.579. The highest BCUT2D eigenvalue weighted by Gasteiger charge is 2.18. The summed E-state index contributed by atoms with van der Waals surface area (Å²) in [6.07, 6.45) is 0.566. The van der Waals surface area contributed by atoms with Gasteiger partial charge in [0.2, 0.25) is 0 Å². The lowest BCUT2D eigenvalue weighted by Crippen LogP contribution is -2.39. The molecule has 1 rings (SSSR count). The predicted octanol–water partition coefficient (Wildman–Crippen LogP) is 1.46. The highest BCUT2D eigenvalue weighted by molar-refractivity contribution is 14.1. The van der Waals surface area contributed by atoms with Crippen LogP contribution in [0, 0.1) is 0 Å². The van der Waals surface area contributed by atoms with Gasteiger partial charge in [-0.15, -0.1) is 0 Å². The van der Waals surface area contributed by atoms with Gasteiger partial charge in [0.25, 0.3) is 0 Å². The molecule has 0 aromatic rings. The molecular formula is C8H16INO2. The van der Waals surface area contributed by atoms with E-state index < -0.39 is 0 Å². The van der Waals surface area contributed by atoms with Crippen molar-refractivity contribution in [2.24, 2.45) is 0 Å². The molecule has 72 valence electrons. The van der Waals surface area contributed by atoms with Crippen molar-refractivity contribution >= 4 is 22.9 Å². The van der Waals surface area contributed by atoms with Crippen molar-refractivity contribution in [3.05, 3.63) is 0 Å². The number of hydrogen-bond acceptors (Lipinski definition) is 3. The van der Waals surface area contributed by atoms with E-state index in [2.05, 4.69) is 26.0 Å². The Morgan fingerprint density at radius 2 is 2.42 bits per heavy atom. The molecule has 3 nitrogen and oxygen atoms in total. The SMILES string of the molecule is CC(C)OCC1CN(I)CCO1. The summed E-state index contributed by atoms with van der Waals surface area (Å²) in [5, 5.41) is 0. The van der Waals surface area contributed by atoms with Crippen LogP contribution in [0.25, 0.3) is 0 Å². The summed E-state index contributed by atoms with van der Waals surface area (Å²) in [4.78, 5) is 0. The molecule has 4 heteroatoms. The minimum absolute atomic E-state index is 0.262. The van der Waals surface area contributed by atoms with Crippen molar-refractivity contribution < 1.29 is 9.47 Å². The summed E-state index contributed by atoms with van der Waals surface area (Å²) in [7, 11) is 0. The van der Waals surface area contributed by atoms with Crippen LogP contribution in [0.5, 0.6) is 0 Å². The molecule has 0 aromatic carbocycles. The predicted molar refractivity (Wildman–Crippen MR) is 56.4 cm³/mol. The summed E-state index contributed by atoms with van der Waals surface area (Å²) in [6.45, 7) is 7.65. The van der Waals surface area contributed by atoms with Crippen LogP contribution in [0.2, 0.25) is 0 Å². The molecule has 1 heterocycles. The number of morpholine rings is 1. The summed E-state index contributed by atoms with van der Waals surface area (Å²) in [5.41, 5.74) is 0. The molecule has 1 unspecified atom stereocenters. The van der Waals surface area contributed by atoms with Gasteiger partial charge in [0.1, 0.15) is 0 Å². The minimum Gasteiger partial charge on any atom is -0.376 e. The van der Waals surface area contributed by atoms with Crippen LogP contribution in [0.4, 0.5) is 0 Å². The average molecular weight is 285 g/mol. The number of rotatable bonds is 3. The van der Waals surface area contributed by atoms with E-state index in [1.165, 1.54) is 0 Å². The molecule has 0 aliphatic carbocycles. The lowest BCUT2D eigenvalue weighted by Gasteiger charge is -2.28. The monoisotopic (exact) mass is 285 g/mol. The number of nitrogens with zero attached hydrogens (tertiary/aromatic N) is 1. The first-order valence-corrected chi connectivity index (χ1v) is 5.29. The molecule has 1 aliphatic heterocycles. The molecule has 0 N–H and O–H groups in total. The first kappa shape index (κ1) is 10.7. The van der Waals surface area contributed by atoms with E-state index >= 15 is 0 Å². The molecule has 0 amide bonds. The molecule has 1 saturated heterocycles. The van der Waals surface area contributed by atoms with Gasteiger partial charge in [-0.05, 0) is 13.8 Å². The second-order valence-electron chi connectivity index (χ2n) is 3.24. The Morgan fingerprint density at radius 3 is 3.00 bits per heavy atom. The summed E-state index contributed by atoms with van der Waals surface area (Å²) >= 11 is 2.33. The van der Waals surface area contributed by atoms with Crippen LogP contribution in [0.3, 0.4) is 0 Å². The van der Waals surface area contributed by atoms with Crippen LogP contribution in [-0.2, 0) is 9.47 Å². The van der Waals surface area contributed by atoms with Gasteiger partial charge in [0.05, 0.1) is 25.4 Å². The Kier molecular flexibility index (Phi) is 4.78. The van der Waals surface area contributed by atoms with Crippen molar-refractivity contribution in [1.29, 1.82) is 0 Å². The van der Waals surface area contributed by atoms with Gasteiger partial charge in [-0.3, -0.25) is 0 Å². The van der Waals surface area contributed by atoms with Gasteiger partial charge in [-0.25, -0.2) is 3.11 Å². The van der Waals surface area contributed by atoms with Crippen molar-refractivity contribution in [2.45, 2.75) is 26.1 Å². The first-order valence-electron chi connectivity index (χ1n) is 4.32. The number of ether oxygens (including phenoxy) is 2. The second-order valence-corrected chi connectivity index (χ2v) is 4.61.